The minimum absolute atomic E-state index is 0. The molecule has 0 atom stereocenters. The van der Waals surface area contributed by atoms with Crippen LogP contribution in [0.1, 0.15) is 2.85 Å². The second kappa shape index (κ2) is 15.7. The van der Waals surface area contributed by atoms with E-state index < -0.39 is 0 Å². The second-order valence-corrected chi connectivity index (χ2v) is 0. The van der Waals surface area contributed by atoms with Gasteiger partial charge in [0.05, 0.1) is 0 Å². The molecule has 0 saturated carbocycles. The first-order valence-electron chi connectivity index (χ1n) is 0. The maximum absolute atomic E-state index is 0. The van der Waals surface area contributed by atoms with Gasteiger partial charge in [-0.05, 0) is 0 Å². The van der Waals surface area contributed by atoms with Crippen molar-refractivity contribution in [1.29, 1.82) is 0 Å². The van der Waals surface area contributed by atoms with Crippen molar-refractivity contribution in [3.05, 3.63) is 0 Å². The van der Waals surface area contributed by atoms with Crippen molar-refractivity contribution in [2.45, 2.75) is 0 Å². The SMILES string of the molecule is [Ba+2].[Gd].[H-].[H-].[Tb].[Y]. The molecule has 4 heteroatoms. The Morgan fingerprint density at radius 3 is 1.25 bits per heavy atom. The number of hydrogen-bond acceptors (Lipinski definition) is 0. The van der Waals surface area contributed by atoms with Gasteiger partial charge in [-0.3, -0.25) is 0 Å². The largest absolute Gasteiger partial charge is 2.00 e. The minimum Gasteiger partial charge on any atom is -1.00 e. The Bertz CT molecular complexity index is 13.5. The molecule has 0 saturated heterocycles. The maximum atomic E-state index is 0. The van der Waals surface area contributed by atoms with Gasteiger partial charge in [0.2, 0.25) is 0 Å². The van der Waals surface area contributed by atoms with Crippen LogP contribution in [0.15, 0.2) is 0 Å². The summed E-state index contributed by atoms with van der Waals surface area (Å²) < 4.78 is 0. The quantitative estimate of drug-likeness (QED) is 0.373. The molecule has 0 rings (SSSR count). The summed E-state index contributed by atoms with van der Waals surface area (Å²) in [5, 5.41) is 0. The molecule has 0 N–H and O–H groups in total. The first kappa shape index (κ1) is 22.8. The molecule has 4 heavy (non-hydrogen) atoms. The average Bonchev–Trinajstić information content (AvgIpc) is 0. The molecule has 0 aromatic carbocycles. The van der Waals surface area contributed by atoms with Gasteiger partial charge in [-0.25, -0.2) is 0 Å². The molecule has 0 unspecified atom stereocenters. The molecule has 0 bridgehead atoms. The molecule has 2 radical (unpaired) electrons. The molecule has 0 spiro atoms. The van der Waals surface area contributed by atoms with Crippen molar-refractivity contribution in [2.24, 2.45) is 0 Å². The maximum Gasteiger partial charge on any atom is 2.00 e. The van der Waals surface area contributed by atoms with Crippen molar-refractivity contribution in [1.82, 2.24) is 0 Å². The molecule has 0 nitrogen and oxygen atoms in total. The molecular formula is H2BaGdTbY. The number of rotatable bonds is 0. The van der Waals surface area contributed by atoms with Crippen LogP contribution in [0.4, 0.5) is 0 Å². The van der Waals surface area contributed by atoms with Gasteiger partial charge in [0.15, 0.2) is 0 Å². The van der Waals surface area contributed by atoms with Crippen LogP contribution in [-0.2, 0) is 32.7 Å². The van der Waals surface area contributed by atoms with Gasteiger partial charge >= 0.3 is 48.9 Å². The van der Waals surface area contributed by atoms with E-state index in [4.69, 9.17) is 0 Å². The number of hydrogen-bond donors (Lipinski definition) is 0. The van der Waals surface area contributed by atoms with Gasteiger partial charge in [0, 0.05) is 111 Å². The Morgan fingerprint density at radius 2 is 1.25 bits per heavy atom. The summed E-state index contributed by atoms with van der Waals surface area (Å²) in [4.78, 5) is 0. The van der Waals surface area contributed by atoms with Gasteiger partial charge in [-0.15, -0.1) is 0 Å². The topological polar surface area (TPSA) is 0 Å². The van der Waals surface area contributed by atoms with Crippen molar-refractivity contribution in [3.63, 3.8) is 0 Å². The molecule has 0 fully saturated rings. The second-order valence-electron chi connectivity index (χ2n) is 0. The van der Waals surface area contributed by atoms with E-state index in [2.05, 4.69) is 0 Å². The third-order valence-corrected chi connectivity index (χ3v) is 0. The van der Waals surface area contributed by atoms with Gasteiger partial charge in [-0.1, -0.05) is 0 Å². The van der Waals surface area contributed by atoms with Crippen LogP contribution in [-0.4, -0.2) is 48.9 Å². The minimum atomic E-state index is 0. The molecule has 0 aromatic rings. The van der Waals surface area contributed by atoms with E-state index in [1.54, 1.807) is 0 Å². The molecular weight excluding hydrogens is 542 g/mol. The molecule has 24 valence electrons. The van der Waals surface area contributed by atoms with E-state index in [1.165, 1.54) is 0 Å². The Balaban J connectivity index is 0. The molecule has 0 aliphatic heterocycles. The van der Waals surface area contributed by atoms with Crippen LogP contribution < -0.4 is 0 Å². The zero-order valence-electron chi connectivity index (χ0n) is 3.97. The van der Waals surface area contributed by atoms with Crippen molar-refractivity contribution >= 4 is 48.9 Å². The van der Waals surface area contributed by atoms with Crippen molar-refractivity contribution in [3.8, 4) is 0 Å². The predicted molar refractivity (Wildman–Crippen MR) is 7.98 cm³/mol. The van der Waals surface area contributed by atoms with Crippen molar-refractivity contribution in [2.75, 3.05) is 0 Å². The Hall–Kier alpha value is 5.29. The summed E-state index contributed by atoms with van der Waals surface area (Å²) in [7, 11) is 0. The normalized spacial score (nSPS) is 0. The Kier molecular flexibility index (Phi) is 89.8. The summed E-state index contributed by atoms with van der Waals surface area (Å²) in [6, 6.07) is 0. The van der Waals surface area contributed by atoms with Crippen molar-refractivity contribution < 1.29 is 114 Å². The predicted octanol–water partition coefficient (Wildman–Crippen LogP) is -0.158. The van der Waals surface area contributed by atoms with E-state index in [9.17, 15) is 0 Å². The fourth-order valence-corrected chi connectivity index (χ4v) is 0. The first-order chi connectivity index (χ1) is 0. The van der Waals surface area contributed by atoms with E-state index >= 15 is 0 Å². The molecule has 0 heterocycles. The standard InChI is InChI=1S/Ba.Gd.Tb.Y.2H/q+2;;;;2*-1. The van der Waals surface area contributed by atoms with Gasteiger partial charge < -0.3 is 2.85 Å². The van der Waals surface area contributed by atoms with E-state index in [0.29, 0.717) is 0 Å². The molecule has 0 aliphatic rings. The summed E-state index contributed by atoms with van der Waals surface area (Å²) in [6.07, 6.45) is 0. The van der Waals surface area contributed by atoms with Gasteiger partial charge in [0.1, 0.15) is 0 Å². The van der Waals surface area contributed by atoms with Crippen LogP contribution >= 0.6 is 0 Å². The van der Waals surface area contributed by atoms with Crippen LogP contribution in [0.3, 0.4) is 0 Å². The monoisotopic (exact) mass is 546 g/mol. The zero-order valence-corrected chi connectivity index (χ0v) is 13.7. The van der Waals surface area contributed by atoms with E-state index in [-0.39, 0.29) is 163 Å². The van der Waals surface area contributed by atoms with Crippen LogP contribution in [0, 0.1) is 78.6 Å². The van der Waals surface area contributed by atoms with Gasteiger partial charge in [0.25, 0.3) is 0 Å². The molecule has 0 aromatic heterocycles. The van der Waals surface area contributed by atoms with Crippen LogP contribution in [0.5, 0.6) is 0 Å². The van der Waals surface area contributed by atoms with Gasteiger partial charge in [-0.2, -0.15) is 0 Å². The smallest absolute Gasteiger partial charge is 1.00 e. The summed E-state index contributed by atoms with van der Waals surface area (Å²) >= 11 is 0. The Labute approximate surface area is 157 Å². The third-order valence-electron chi connectivity index (χ3n) is 0. The van der Waals surface area contributed by atoms with E-state index in [1.807, 2.05) is 0 Å². The molecule has 0 amide bonds. The fraction of sp³-hybridized carbons (Fsp3) is 0. The molecule has 0 aliphatic carbocycles. The van der Waals surface area contributed by atoms with Crippen LogP contribution in [0.2, 0.25) is 0 Å². The third kappa shape index (κ3) is 10.3. The Morgan fingerprint density at radius 1 is 1.25 bits per heavy atom. The summed E-state index contributed by atoms with van der Waals surface area (Å²) in [5.41, 5.74) is 0. The summed E-state index contributed by atoms with van der Waals surface area (Å²) in [5.74, 6) is 0. The van der Waals surface area contributed by atoms with E-state index in [0.717, 1.165) is 0 Å². The fourth-order valence-electron chi connectivity index (χ4n) is 0. The average molecular weight is 544 g/mol. The zero-order chi connectivity index (χ0) is 0. The summed E-state index contributed by atoms with van der Waals surface area (Å²) in [6.45, 7) is 0. The first-order valence-corrected chi connectivity index (χ1v) is 0. The van der Waals surface area contributed by atoms with Crippen LogP contribution in [0.25, 0.3) is 0 Å².